The second-order valence-corrected chi connectivity index (χ2v) is 10.4. The Bertz CT molecular complexity index is 1010. The Morgan fingerprint density at radius 3 is 2.53 bits per heavy atom. The molecule has 2 aromatic rings. The number of rotatable bonds is 8. The van der Waals surface area contributed by atoms with E-state index in [1.807, 2.05) is 22.6 Å². The summed E-state index contributed by atoms with van der Waals surface area (Å²) in [6, 6.07) is 6.98. The van der Waals surface area contributed by atoms with E-state index in [4.69, 9.17) is 5.10 Å². The summed E-state index contributed by atoms with van der Waals surface area (Å²) >= 11 is 0. The molecule has 1 aromatic carbocycles. The fraction of sp³-hybridized carbons (Fsp3) is 0.643. The van der Waals surface area contributed by atoms with Gasteiger partial charge in [-0.2, -0.15) is 5.10 Å². The van der Waals surface area contributed by atoms with Crippen LogP contribution in [0.2, 0.25) is 0 Å². The first-order valence-electron chi connectivity index (χ1n) is 13.8. The van der Waals surface area contributed by atoms with Crippen molar-refractivity contribution in [1.82, 2.24) is 24.9 Å². The van der Waals surface area contributed by atoms with Gasteiger partial charge in [-0.05, 0) is 57.9 Å². The van der Waals surface area contributed by atoms with Crippen LogP contribution in [-0.2, 0) is 6.54 Å². The fourth-order valence-electron chi connectivity index (χ4n) is 5.44. The summed E-state index contributed by atoms with van der Waals surface area (Å²) in [5, 5.41) is 8.21. The molecule has 2 amide bonds. The number of benzene rings is 1. The van der Waals surface area contributed by atoms with E-state index in [9.17, 15) is 9.18 Å². The molecule has 0 spiro atoms. The van der Waals surface area contributed by atoms with Gasteiger partial charge in [0.15, 0.2) is 0 Å². The number of urea groups is 1. The number of carbonyl (C=O) groups is 1. The van der Waals surface area contributed by atoms with Gasteiger partial charge in [0, 0.05) is 43.8 Å². The van der Waals surface area contributed by atoms with Crippen LogP contribution in [0.4, 0.5) is 15.0 Å². The molecule has 8 heteroatoms. The second kappa shape index (κ2) is 12.1. The van der Waals surface area contributed by atoms with Crippen molar-refractivity contribution in [2.45, 2.75) is 84.8 Å². The Kier molecular flexibility index (Phi) is 8.88. The maximum atomic E-state index is 14.2. The Morgan fingerprint density at radius 1 is 1.17 bits per heavy atom. The van der Waals surface area contributed by atoms with Crippen molar-refractivity contribution in [3.63, 3.8) is 0 Å². The molecule has 2 aliphatic rings. The maximum absolute atomic E-state index is 14.2. The molecule has 1 aliphatic heterocycles. The minimum absolute atomic E-state index is 0.0101. The van der Waals surface area contributed by atoms with E-state index >= 15 is 0 Å². The lowest BCUT2D eigenvalue weighted by molar-refractivity contribution is 0.166. The summed E-state index contributed by atoms with van der Waals surface area (Å²) in [5.74, 6) is 0.699. The predicted molar refractivity (Wildman–Crippen MR) is 143 cm³/mol. The minimum Gasteiger partial charge on any atom is -0.354 e. The molecule has 1 saturated heterocycles. The average molecular weight is 499 g/mol. The van der Waals surface area contributed by atoms with Crippen molar-refractivity contribution < 1.29 is 9.18 Å². The number of carbonyl (C=O) groups excluding carboxylic acids is 1. The van der Waals surface area contributed by atoms with Crippen LogP contribution in [0, 0.1) is 12.7 Å². The smallest absolute Gasteiger partial charge is 0.318 e. The summed E-state index contributed by atoms with van der Waals surface area (Å²) < 4.78 is 16.1. The topological polar surface area (TPSA) is 56.6 Å². The number of piperazine rings is 1. The van der Waals surface area contributed by atoms with Crippen molar-refractivity contribution in [2.24, 2.45) is 0 Å². The Hall–Kier alpha value is -2.61. The molecular formula is C28H43FN6O. The van der Waals surface area contributed by atoms with Gasteiger partial charge in [0.1, 0.15) is 11.6 Å². The Balaban J connectivity index is 1.68. The van der Waals surface area contributed by atoms with Crippen LogP contribution in [0.15, 0.2) is 24.3 Å². The first-order chi connectivity index (χ1) is 17.4. The summed E-state index contributed by atoms with van der Waals surface area (Å²) in [7, 11) is 0. The number of nitrogens with zero attached hydrogens (tertiary/aromatic N) is 5. The van der Waals surface area contributed by atoms with Crippen molar-refractivity contribution in [3.05, 3.63) is 41.3 Å². The van der Waals surface area contributed by atoms with Gasteiger partial charge < -0.3 is 20.0 Å². The van der Waals surface area contributed by atoms with Crippen LogP contribution < -0.4 is 10.2 Å². The number of aryl methyl sites for hydroxylation is 1. The quantitative estimate of drug-likeness (QED) is 0.550. The number of nitrogens with one attached hydrogen (secondary N) is 1. The van der Waals surface area contributed by atoms with E-state index in [2.05, 4.69) is 35.9 Å². The predicted octanol–water partition coefficient (Wildman–Crippen LogP) is 5.10. The van der Waals surface area contributed by atoms with Crippen LogP contribution in [0.3, 0.4) is 0 Å². The fourth-order valence-corrected chi connectivity index (χ4v) is 5.44. The molecule has 0 bridgehead atoms. The zero-order valence-electron chi connectivity index (χ0n) is 22.5. The Morgan fingerprint density at radius 2 is 1.89 bits per heavy atom. The lowest BCUT2D eigenvalue weighted by Crippen LogP contribution is -2.49. The van der Waals surface area contributed by atoms with Gasteiger partial charge in [0.25, 0.3) is 0 Å². The first kappa shape index (κ1) is 26.5. The zero-order chi connectivity index (χ0) is 25.7. The number of halogens is 1. The lowest BCUT2D eigenvalue weighted by atomic mass is 9.96. The highest BCUT2D eigenvalue weighted by Crippen LogP contribution is 2.31. The molecular weight excluding hydrogens is 455 g/mol. The molecule has 1 aromatic heterocycles. The van der Waals surface area contributed by atoms with Gasteiger partial charge in [-0.3, -0.25) is 0 Å². The normalized spacial score (nSPS) is 18.3. The third-order valence-electron chi connectivity index (χ3n) is 7.97. The lowest BCUT2D eigenvalue weighted by Gasteiger charge is -2.37. The number of aromatic nitrogens is 2. The van der Waals surface area contributed by atoms with Crippen LogP contribution in [0.5, 0.6) is 0 Å². The molecule has 198 valence electrons. The van der Waals surface area contributed by atoms with E-state index < -0.39 is 0 Å². The molecule has 36 heavy (non-hydrogen) atoms. The molecule has 1 aliphatic carbocycles. The van der Waals surface area contributed by atoms with Crippen LogP contribution >= 0.6 is 0 Å². The third-order valence-corrected chi connectivity index (χ3v) is 7.97. The van der Waals surface area contributed by atoms with Gasteiger partial charge in [0.05, 0.1) is 17.9 Å². The highest BCUT2D eigenvalue weighted by molar-refractivity contribution is 5.75. The molecule has 1 atom stereocenters. The zero-order valence-corrected chi connectivity index (χ0v) is 22.5. The molecule has 2 fully saturated rings. The minimum atomic E-state index is -0.281. The van der Waals surface area contributed by atoms with E-state index in [1.54, 1.807) is 6.07 Å². The van der Waals surface area contributed by atoms with Gasteiger partial charge in [-0.15, -0.1) is 0 Å². The number of hydrogen-bond acceptors (Lipinski definition) is 4. The Labute approximate surface area is 215 Å². The molecule has 0 radical (unpaired) electrons. The van der Waals surface area contributed by atoms with E-state index in [1.165, 1.54) is 31.4 Å². The van der Waals surface area contributed by atoms with Crippen molar-refractivity contribution >= 4 is 11.8 Å². The molecule has 1 N–H and O–H groups in total. The van der Waals surface area contributed by atoms with Crippen molar-refractivity contribution in [1.29, 1.82) is 0 Å². The SMILES string of the molecule is CC[C@@H](C)N(Cc1c(C)nn(-c2cccc(F)c2)c1N1CCN(CC)CC1)C(=O)NC1CCCCC1. The highest BCUT2D eigenvalue weighted by Gasteiger charge is 2.30. The van der Waals surface area contributed by atoms with E-state index in [-0.39, 0.29) is 23.9 Å². The summed E-state index contributed by atoms with van der Waals surface area (Å²) in [5.41, 5.74) is 2.63. The molecule has 1 saturated carbocycles. The van der Waals surface area contributed by atoms with Crippen molar-refractivity contribution in [2.75, 3.05) is 37.6 Å². The van der Waals surface area contributed by atoms with Crippen LogP contribution in [-0.4, -0.2) is 70.4 Å². The standard InChI is InChI=1S/C28H43FN6O/c1-5-21(3)34(28(36)30-24-12-8-7-9-13-24)20-26-22(4)31-35(25-14-10-11-23(29)19-25)27(26)33-17-15-32(6-2)16-18-33/h10-11,14,19,21,24H,5-9,12-13,15-18,20H2,1-4H3,(H,30,36)/t21-/m1/s1. The average Bonchev–Trinajstić information content (AvgIpc) is 3.23. The number of likely N-dealkylation sites (N-methyl/N-ethyl adjacent to an activating group) is 1. The third kappa shape index (κ3) is 6.02. The molecule has 4 rings (SSSR count). The molecule has 0 unspecified atom stereocenters. The summed E-state index contributed by atoms with van der Waals surface area (Å²) in [6.45, 7) is 13.6. The summed E-state index contributed by atoms with van der Waals surface area (Å²) in [4.78, 5) is 20.3. The van der Waals surface area contributed by atoms with Gasteiger partial charge in [-0.25, -0.2) is 13.9 Å². The van der Waals surface area contributed by atoms with Crippen LogP contribution in [0.25, 0.3) is 5.69 Å². The number of amides is 2. The molecule has 2 heterocycles. The van der Waals surface area contributed by atoms with Gasteiger partial charge >= 0.3 is 6.03 Å². The van der Waals surface area contributed by atoms with E-state index in [0.29, 0.717) is 12.2 Å². The summed E-state index contributed by atoms with van der Waals surface area (Å²) in [6.07, 6.45) is 6.62. The highest BCUT2D eigenvalue weighted by atomic mass is 19.1. The molecule has 7 nitrogen and oxygen atoms in total. The second-order valence-electron chi connectivity index (χ2n) is 10.4. The first-order valence-corrected chi connectivity index (χ1v) is 13.8. The number of hydrogen-bond donors (Lipinski definition) is 1. The maximum Gasteiger partial charge on any atom is 0.318 e. The van der Waals surface area contributed by atoms with Gasteiger partial charge in [0.2, 0.25) is 0 Å². The largest absolute Gasteiger partial charge is 0.354 e. The monoisotopic (exact) mass is 498 g/mol. The van der Waals surface area contributed by atoms with E-state index in [0.717, 1.165) is 69.1 Å². The van der Waals surface area contributed by atoms with Gasteiger partial charge in [-0.1, -0.05) is 39.2 Å². The van der Waals surface area contributed by atoms with Crippen LogP contribution in [0.1, 0.15) is 70.6 Å². The van der Waals surface area contributed by atoms with Crippen molar-refractivity contribution in [3.8, 4) is 5.69 Å². The number of anilines is 1.